The van der Waals surface area contributed by atoms with Crippen LogP contribution in [0.5, 0.6) is 0 Å². The molecular formula is C11H20N2O2. The number of hydrogen-bond donors (Lipinski definition) is 2. The van der Waals surface area contributed by atoms with Crippen molar-refractivity contribution in [3.8, 4) is 0 Å². The molecule has 0 radical (unpaired) electrons. The summed E-state index contributed by atoms with van der Waals surface area (Å²) in [6, 6.07) is 0.540. The number of nitrogens with zero attached hydrogens (tertiary/aromatic N) is 1. The summed E-state index contributed by atoms with van der Waals surface area (Å²) >= 11 is 0. The summed E-state index contributed by atoms with van der Waals surface area (Å²) in [4.78, 5) is 13.8. The average Bonchev–Trinajstić information content (AvgIpc) is 2.65. The lowest BCUT2D eigenvalue weighted by Gasteiger charge is -2.29. The molecule has 0 spiro atoms. The Morgan fingerprint density at radius 3 is 2.73 bits per heavy atom. The molecule has 2 fully saturated rings. The highest BCUT2D eigenvalue weighted by Gasteiger charge is 2.31. The van der Waals surface area contributed by atoms with Crippen LogP contribution in [-0.4, -0.2) is 47.7 Å². The van der Waals surface area contributed by atoms with Gasteiger partial charge in [0.25, 0.3) is 0 Å². The van der Waals surface area contributed by atoms with Gasteiger partial charge in [0.1, 0.15) is 0 Å². The summed E-state index contributed by atoms with van der Waals surface area (Å²) < 4.78 is 0. The molecular weight excluding hydrogens is 192 g/mol. The third kappa shape index (κ3) is 2.49. The Balaban J connectivity index is 1.85. The van der Waals surface area contributed by atoms with Gasteiger partial charge in [0, 0.05) is 25.7 Å². The van der Waals surface area contributed by atoms with Crippen molar-refractivity contribution >= 4 is 5.91 Å². The van der Waals surface area contributed by atoms with Gasteiger partial charge in [0.15, 0.2) is 0 Å². The van der Waals surface area contributed by atoms with Gasteiger partial charge >= 0.3 is 0 Å². The molecule has 2 heterocycles. The summed E-state index contributed by atoms with van der Waals surface area (Å²) in [5.74, 6) is 0.359. The van der Waals surface area contributed by atoms with Crippen molar-refractivity contribution in [1.29, 1.82) is 0 Å². The van der Waals surface area contributed by atoms with Crippen LogP contribution in [0.15, 0.2) is 0 Å². The molecule has 0 saturated carbocycles. The maximum Gasteiger partial charge on any atom is 0.227 e. The average molecular weight is 212 g/mol. The predicted octanol–water partition coefficient (Wildman–Crippen LogP) is -0.0323. The quantitative estimate of drug-likeness (QED) is 0.641. The van der Waals surface area contributed by atoms with Crippen molar-refractivity contribution in [3.63, 3.8) is 0 Å². The highest BCUT2D eigenvalue weighted by molar-refractivity contribution is 5.79. The molecule has 0 bridgehead atoms. The van der Waals surface area contributed by atoms with Crippen LogP contribution in [0.1, 0.15) is 26.2 Å². The number of aliphatic hydroxyl groups excluding tert-OH is 1. The van der Waals surface area contributed by atoms with Crippen LogP contribution < -0.4 is 5.32 Å². The van der Waals surface area contributed by atoms with Gasteiger partial charge in [-0.25, -0.2) is 0 Å². The normalized spacial score (nSPS) is 36.9. The Hall–Kier alpha value is -0.610. The second-order valence-corrected chi connectivity index (χ2v) is 4.81. The van der Waals surface area contributed by atoms with Crippen LogP contribution in [0, 0.1) is 5.92 Å². The standard InChI is InChI=1S/C11H20N2O2/c1-8-2-3-9(6-12-8)11(15)13-5-4-10(14)7-13/h8-10,12,14H,2-7H2,1H3. The fraction of sp³-hybridized carbons (Fsp3) is 0.909. The maximum absolute atomic E-state index is 12.0. The number of aliphatic hydroxyl groups is 1. The molecule has 2 rings (SSSR count). The zero-order valence-corrected chi connectivity index (χ0v) is 9.28. The van der Waals surface area contributed by atoms with Crippen molar-refractivity contribution in [3.05, 3.63) is 0 Å². The Kier molecular flexibility index (Phi) is 3.26. The minimum atomic E-state index is -0.301. The van der Waals surface area contributed by atoms with E-state index in [1.807, 2.05) is 4.90 Å². The van der Waals surface area contributed by atoms with E-state index in [1.165, 1.54) is 0 Å². The smallest absolute Gasteiger partial charge is 0.227 e. The Bertz CT molecular complexity index is 237. The zero-order chi connectivity index (χ0) is 10.8. The van der Waals surface area contributed by atoms with Crippen molar-refractivity contribution in [2.45, 2.75) is 38.3 Å². The van der Waals surface area contributed by atoms with Crippen LogP contribution in [0.25, 0.3) is 0 Å². The monoisotopic (exact) mass is 212 g/mol. The van der Waals surface area contributed by atoms with Gasteiger partial charge in [0.2, 0.25) is 5.91 Å². The molecule has 0 aromatic heterocycles. The summed E-state index contributed by atoms with van der Waals surface area (Å²) in [7, 11) is 0. The largest absolute Gasteiger partial charge is 0.391 e. The van der Waals surface area contributed by atoms with Crippen molar-refractivity contribution < 1.29 is 9.90 Å². The summed E-state index contributed by atoms with van der Waals surface area (Å²) in [5.41, 5.74) is 0. The van der Waals surface area contributed by atoms with Crippen LogP contribution in [0.3, 0.4) is 0 Å². The number of β-amino-alcohol motifs (C(OH)–C–C–N with tert-alkyl or cyclic N) is 1. The van der Waals surface area contributed by atoms with E-state index >= 15 is 0 Å². The van der Waals surface area contributed by atoms with Crippen LogP contribution >= 0.6 is 0 Å². The van der Waals surface area contributed by atoms with E-state index in [-0.39, 0.29) is 17.9 Å². The van der Waals surface area contributed by atoms with Crippen molar-refractivity contribution in [2.24, 2.45) is 5.92 Å². The molecule has 2 saturated heterocycles. The maximum atomic E-state index is 12.0. The minimum Gasteiger partial charge on any atom is -0.391 e. The highest BCUT2D eigenvalue weighted by Crippen LogP contribution is 2.19. The molecule has 3 unspecified atom stereocenters. The van der Waals surface area contributed by atoms with Gasteiger partial charge in [0.05, 0.1) is 12.0 Å². The molecule has 86 valence electrons. The first-order valence-corrected chi connectivity index (χ1v) is 5.87. The summed E-state index contributed by atoms with van der Waals surface area (Å²) in [6.07, 6.45) is 2.50. The lowest BCUT2D eigenvalue weighted by atomic mass is 9.94. The minimum absolute atomic E-state index is 0.131. The van der Waals surface area contributed by atoms with E-state index < -0.39 is 0 Å². The molecule has 1 amide bonds. The number of likely N-dealkylation sites (tertiary alicyclic amines) is 1. The molecule has 15 heavy (non-hydrogen) atoms. The summed E-state index contributed by atoms with van der Waals surface area (Å²) in [6.45, 7) is 4.21. The van der Waals surface area contributed by atoms with Crippen molar-refractivity contribution in [2.75, 3.05) is 19.6 Å². The SMILES string of the molecule is CC1CCC(C(=O)N2CCC(O)C2)CN1. The molecule has 0 aromatic rings. The van der Waals surface area contributed by atoms with E-state index in [2.05, 4.69) is 12.2 Å². The zero-order valence-electron chi connectivity index (χ0n) is 9.28. The van der Waals surface area contributed by atoms with Crippen LogP contribution in [-0.2, 0) is 4.79 Å². The second-order valence-electron chi connectivity index (χ2n) is 4.81. The first-order valence-electron chi connectivity index (χ1n) is 5.87. The molecule has 4 heteroatoms. The van der Waals surface area contributed by atoms with Gasteiger partial charge in [-0.05, 0) is 26.2 Å². The molecule has 0 aliphatic carbocycles. The fourth-order valence-electron chi connectivity index (χ4n) is 2.41. The fourth-order valence-corrected chi connectivity index (χ4v) is 2.41. The van der Waals surface area contributed by atoms with Gasteiger partial charge in [-0.2, -0.15) is 0 Å². The topological polar surface area (TPSA) is 52.6 Å². The number of amides is 1. The number of carbonyl (C=O) groups excluding carboxylic acids is 1. The number of nitrogens with one attached hydrogen (secondary N) is 1. The van der Waals surface area contributed by atoms with Crippen LogP contribution in [0.4, 0.5) is 0 Å². The number of piperidine rings is 1. The highest BCUT2D eigenvalue weighted by atomic mass is 16.3. The Labute approximate surface area is 90.6 Å². The lowest BCUT2D eigenvalue weighted by molar-refractivity contribution is -0.135. The Morgan fingerprint density at radius 1 is 1.40 bits per heavy atom. The van der Waals surface area contributed by atoms with E-state index in [0.717, 1.165) is 32.4 Å². The Morgan fingerprint density at radius 2 is 2.20 bits per heavy atom. The third-order valence-corrected chi connectivity index (χ3v) is 3.49. The molecule has 3 atom stereocenters. The first kappa shape index (κ1) is 10.9. The molecule has 2 aliphatic rings. The lowest BCUT2D eigenvalue weighted by Crippen LogP contribution is -2.45. The van der Waals surface area contributed by atoms with Gasteiger partial charge in [-0.3, -0.25) is 4.79 Å². The summed E-state index contributed by atoms with van der Waals surface area (Å²) in [5, 5.41) is 12.7. The van der Waals surface area contributed by atoms with E-state index in [4.69, 9.17) is 0 Å². The molecule has 2 N–H and O–H groups in total. The number of hydrogen-bond acceptors (Lipinski definition) is 3. The van der Waals surface area contributed by atoms with Gasteiger partial charge < -0.3 is 15.3 Å². The van der Waals surface area contributed by atoms with Gasteiger partial charge in [-0.15, -0.1) is 0 Å². The predicted molar refractivity (Wildman–Crippen MR) is 57.4 cm³/mol. The van der Waals surface area contributed by atoms with Crippen molar-refractivity contribution in [1.82, 2.24) is 10.2 Å². The van der Waals surface area contributed by atoms with E-state index in [9.17, 15) is 9.90 Å². The molecule has 2 aliphatic heterocycles. The number of rotatable bonds is 1. The second kappa shape index (κ2) is 4.49. The number of carbonyl (C=O) groups is 1. The van der Waals surface area contributed by atoms with E-state index in [0.29, 0.717) is 12.6 Å². The van der Waals surface area contributed by atoms with E-state index in [1.54, 1.807) is 0 Å². The third-order valence-electron chi connectivity index (χ3n) is 3.49. The van der Waals surface area contributed by atoms with Crippen LogP contribution in [0.2, 0.25) is 0 Å². The molecule has 0 aromatic carbocycles. The molecule has 4 nitrogen and oxygen atoms in total. The first-order chi connectivity index (χ1) is 7.16. The van der Waals surface area contributed by atoms with Gasteiger partial charge in [-0.1, -0.05) is 0 Å².